The maximum absolute atomic E-state index is 9.51. The lowest BCUT2D eigenvalue weighted by Crippen LogP contribution is -2.34. The van der Waals surface area contributed by atoms with E-state index in [1.54, 1.807) is 0 Å². The molecule has 0 radical (unpaired) electrons. The Kier molecular flexibility index (Phi) is 7.95. The number of benzene rings is 1. The first-order valence-corrected chi connectivity index (χ1v) is 7.81. The molecule has 0 aliphatic rings. The minimum Gasteiger partial charge on any atom is -0.394 e. The van der Waals surface area contributed by atoms with E-state index in [1.165, 1.54) is 0 Å². The van der Waals surface area contributed by atoms with Gasteiger partial charge in [0.25, 0.3) is 0 Å². The molecule has 0 spiro atoms. The molecule has 0 heterocycles. The Morgan fingerprint density at radius 2 is 2.05 bits per heavy atom. The smallest absolute Gasteiger partial charge is 0.0627 e. The van der Waals surface area contributed by atoms with E-state index in [0.717, 1.165) is 36.2 Å². The van der Waals surface area contributed by atoms with E-state index < -0.39 is 0 Å². The van der Waals surface area contributed by atoms with E-state index in [0.29, 0.717) is 5.02 Å². The Hall–Kier alpha value is -0.130. The second-order valence-corrected chi connectivity index (χ2v) is 5.70. The van der Waals surface area contributed by atoms with Gasteiger partial charge in [-0.15, -0.1) is 0 Å². The number of likely N-dealkylation sites (N-methyl/N-ethyl adjacent to an activating group) is 1. The number of nitrogens with one attached hydrogen (secondary N) is 1. The van der Waals surface area contributed by atoms with Crippen molar-refractivity contribution in [2.45, 2.75) is 19.9 Å². The monoisotopic (exact) mass is 348 g/mol. The summed E-state index contributed by atoms with van der Waals surface area (Å²) in [6.45, 7) is 8.23. The topological polar surface area (TPSA) is 35.5 Å². The van der Waals surface area contributed by atoms with Gasteiger partial charge in [0.2, 0.25) is 0 Å². The van der Waals surface area contributed by atoms with Crippen LogP contribution in [0.4, 0.5) is 0 Å². The van der Waals surface area contributed by atoms with Crippen molar-refractivity contribution in [3.05, 3.63) is 33.3 Å². The Morgan fingerprint density at radius 3 is 2.58 bits per heavy atom. The molecule has 3 nitrogen and oxygen atoms in total. The average Bonchev–Trinajstić information content (AvgIpc) is 2.40. The Morgan fingerprint density at radius 1 is 1.37 bits per heavy atom. The van der Waals surface area contributed by atoms with E-state index in [1.807, 2.05) is 18.2 Å². The van der Waals surface area contributed by atoms with Crippen LogP contribution >= 0.6 is 27.5 Å². The largest absolute Gasteiger partial charge is 0.394 e. The molecule has 108 valence electrons. The predicted molar refractivity (Wildman–Crippen MR) is 84.8 cm³/mol. The van der Waals surface area contributed by atoms with Crippen LogP contribution in [-0.4, -0.2) is 42.8 Å². The Labute approximate surface area is 129 Å². The Balaban J connectivity index is 2.58. The summed E-state index contributed by atoms with van der Waals surface area (Å²) in [7, 11) is 0. The van der Waals surface area contributed by atoms with Gasteiger partial charge in [0.1, 0.15) is 0 Å². The number of aliphatic hydroxyl groups excluding tert-OH is 1. The minimum atomic E-state index is -0.115. The molecule has 1 atom stereocenters. The van der Waals surface area contributed by atoms with E-state index in [9.17, 15) is 5.11 Å². The summed E-state index contributed by atoms with van der Waals surface area (Å²) in [5, 5.41) is 13.5. The van der Waals surface area contributed by atoms with Crippen molar-refractivity contribution >= 4 is 27.5 Å². The summed E-state index contributed by atoms with van der Waals surface area (Å²) < 4.78 is 0.945. The predicted octanol–water partition coefficient (Wildman–Crippen LogP) is 3.07. The number of aliphatic hydroxyl groups is 1. The molecule has 0 fully saturated rings. The van der Waals surface area contributed by atoms with Crippen molar-refractivity contribution in [1.82, 2.24) is 10.2 Å². The first kappa shape index (κ1) is 16.9. The highest BCUT2D eigenvalue weighted by Crippen LogP contribution is 2.26. The van der Waals surface area contributed by atoms with Gasteiger partial charge in [0, 0.05) is 22.6 Å². The van der Waals surface area contributed by atoms with Gasteiger partial charge < -0.3 is 15.3 Å². The molecule has 0 saturated carbocycles. The van der Waals surface area contributed by atoms with Gasteiger partial charge in [0.15, 0.2) is 0 Å². The molecule has 0 aliphatic heterocycles. The summed E-state index contributed by atoms with van der Waals surface area (Å²) in [6, 6.07) is 5.62. The molecule has 1 aromatic carbocycles. The van der Waals surface area contributed by atoms with E-state index in [2.05, 4.69) is 40.0 Å². The second kappa shape index (κ2) is 8.93. The molecule has 5 heteroatoms. The molecule has 2 N–H and O–H groups in total. The number of rotatable bonds is 8. The SMILES string of the molecule is CCN(CC)CCNC(CO)c1ccc(Br)cc1Cl. The van der Waals surface area contributed by atoms with Crippen LogP contribution in [0.1, 0.15) is 25.5 Å². The molecule has 0 aliphatic carbocycles. The van der Waals surface area contributed by atoms with E-state index >= 15 is 0 Å². The fourth-order valence-corrected chi connectivity index (χ4v) is 2.80. The normalized spacial score (nSPS) is 12.9. The molecular weight excluding hydrogens is 328 g/mol. The molecule has 1 rings (SSSR count). The highest BCUT2D eigenvalue weighted by molar-refractivity contribution is 9.10. The lowest BCUT2D eigenvalue weighted by atomic mass is 10.1. The fourth-order valence-electron chi connectivity index (χ4n) is 1.99. The van der Waals surface area contributed by atoms with Gasteiger partial charge in [-0.3, -0.25) is 0 Å². The third-order valence-electron chi connectivity index (χ3n) is 3.23. The quantitative estimate of drug-likeness (QED) is 0.757. The molecule has 0 bridgehead atoms. The first-order chi connectivity index (χ1) is 9.12. The molecule has 1 aromatic rings. The maximum Gasteiger partial charge on any atom is 0.0627 e. The summed E-state index contributed by atoms with van der Waals surface area (Å²) in [4.78, 5) is 2.34. The summed E-state index contributed by atoms with van der Waals surface area (Å²) in [5.41, 5.74) is 0.937. The standard InChI is InChI=1S/C14H22BrClN2O/c1-3-18(4-2)8-7-17-14(10-19)12-6-5-11(15)9-13(12)16/h5-6,9,14,17,19H,3-4,7-8,10H2,1-2H3. The van der Waals surface area contributed by atoms with Crippen molar-refractivity contribution in [2.24, 2.45) is 0 Å². The van der Waals surface area contributed by atoms with Crippen molar-refractivity contribution in [3.8, 4) is 0 Å². The van der Waals surface area contributed by atoms with E-state index in [-0.39, 0.29) is 12.6 Å². The molecular formula is C14H22BrClN2O. The van der Waals surface area contributed by atoms with Crippen LogP contribution in [0.5, 0.6) is 0 Å². The number of halogens is 2. The lowest BCUT2D eigenvalue weighted by Gasteiger charge is -2.22. The van der Waals surface area contributed by atoms with Crippen LogP contribution in [0.15, 0.2) is 22.7 Å². The van der Waals surface area contributed by atoms with Gasteiger partial charge in [-0.1, -0.05) is 47.4 Å². The summed E-state index contributed by atoms with van der Waals surface area (Å²) in [5.74, 6) is 0. The lowest BCUT2D eigenvalue weighted by molar-refractivity contribution is 0.233. The zero-order valence-corrected chi connectivity index (χ0v) is 13.8. The molecule has 1 unspecified atom stereocenters. The molecule has 0 saturated heterocycles. The zero-order chi connectivity index (χ0) is 14.3. The first-order valence-electron chi connectivity index (χ1n) is 6.63. The molecule has 19 heavy (non-hydrogen) atoms. The van der Waals surface area contributed by atoms with Crippen LogP contribution in [0.2, 0.25) is 5.02 Å². The average molecular weight is 350 g/mol. The van der Waals surface area contributed by atoms with Gasteiger partial charge in [0.05, 0.1) is 12.6 Å². The third-order valence-corrected chi connectivity index (χ3v) is 4.05. The van der Waals surface area contributed by atoms with E-state index in [4.69, 9.17) is 11.6 Å². The van der Waals surface area contributed by atoms with Crippen molar-refractivity contribution < 1.29 is 5.11 Å². The number of nitrogens with zero attached hydrogens (tertiary/aromatic N) is 1. The molecule has 0 amide bonds. The van der Waals surface area contributed by atoms with Crippen molar-refractivity contribution in [1.29, 1.82) is 0 Å². The van der Waals surface area contributed by atoms with Crippen LogP contribution < -0.4 is 5.32 Å². The van der Waals surface area contributed by atoms with Gasteiger partial charge >= 0.3 is 0 Å². The summed E-state index contributed by atoms with van der Waals surface area (Å²) in [6.07, 6.45) is 0. The van der Waals surface area contributed by atoms with Gasteiger partial charge in [-0.2, -0.15) is 0 Å². The zero-order valence-electron chi connectivity index (χ0n) is 11.5. The van der Waals surface area contributed by atoms with Gasteiger partial charge in [-0.05, 0) is 30.8 Å². The molecule has 0 aromatic heterocycles. The van der Waals surface area contributed by atoms with Crippen LogP contribution in [-0.2, 0) is 0 Å². The van der Waals surface area contributed by atoms with Crippen LogP contribution in [0.25, 0.3) is 0 Å². The maximum atomic E-state index is 9.51. The Bertz CT molecular complexity index is 386. The number of hydrogen-bond donors (Lipinski definition) is 2. The van der Waals surface area contributed by atoms with Crippen LogP contribution in [0.3, 0.4) is 0 Å². The van der Waals surface area contributed by atoms with Gasteiger partial charge in [-0.25, -0.2) is 0 Å². The highest BCUT2D eigenvalue weighted by Gasteiger charge is 2.13. The van der Waals surface area contributed by atoms with Crippen molar-refractivity contribution in [3.63, 3.8) is 0 Å². The third kappa shape index (κ3) is 5.40. The second-order valence-electron chi connectivity index (χ2n) is 4.38. The minimum absolute atomic E-state index is 0.0413. The fraction of sp³-hybridized carbons (Fsp3) is 0.571. The van der Waals surface area contributed by atoms with Crippen LogP contribution in [0, 0.1) is 0 Å². The number of hydrogen-bond acceptors (Lipinski definition) is 3. The highest BCUT2D eigenvalue weighted by atomic mass is 79.9. The summed E-state index contributed by atoms with van der Waals surface area (Å²) >= 11 is 9.59. The van der Waals surface area contributed by atoms with Crippen molar-refractivity contribution in [2.75, 3.05) is 32.8 Å².